The van der Waals surface area contributed by atoms with Crippen molar-refractivity contribution < 1.29 is 14.7 Å². The summed E-state index contributed by atoms with van der Waals surface area (Å²) in [5.74, 6) is -1.23. The molecule has 0 unspecified atom stereocenters. The van der Waals surface area contributed by atoms with Gasteiger partial charge in [-0.15, -0.1) is 0 Å². The molecule has 0 atom stereocenters. The summed E-state index contributed by atoms with van der Waals surface area (Å²) < 4.78 is 0. The Hall–Kier alpha value is -1.41. The minimum Gasteiger partial charge on any atom is -0.242 e. The van der Waals surface area contributed by atoms with E-state index in [0.29, 0.717) is 0 Å². The van der Waals surface area contributed by atoms with E-state index >= 15 is 0 Å². The Bertz CT molecular complexity index is 135. The fourth-order valence-electron chi connectivity index (χ4n) is 0. The highest BCUT2D eigenvalue weighted by Crippen LogP contribution is 1.56. The van der Waals surface area contributed by atoms with Gasteiger partial charge in [-0.05, 0) is 0 Å². The summed E-state index contributed by atoms with van der Waals surface area (Å²) in [5, 5.41) is 9.14. The van der Waals surface area contributed by atoms with Crippen LogP contribution in [0.5, 0.6) is 0 Å². The van der Waals surface area contributed by atoms with Crippen molar-refractivity contribution in [2.75, 3.05) is 7.05 Å². The summed E-state index contributed by atoms with van der Waals surface area (Å²) in [6.07, 6.45) is 2.03. The van der Waals surface area contributed by atoms with Crippen LogP contribution in [0, 0.1) is 0 Å². The predicted molar refractivity (Wildman–Crippen MR) is 29.9 cm³/mol. The highest BCUT2D eigenvalue weighted by atomic mass is 16.4. The van der Waals surface area contributed by atoms with Gasteiger partial charge >= 0.3 is 5.97 Å². The Kier molecular flexibility index (Phi) is 11.5. The van der Waals surface area contributed by atoms with E-state index in [-0.39, 0.29) is 0 Å². The van der Waals surface area contributed by atoms with Gasteiger partial charge in [-0.3, -0.25) is 0 Å². The smallest absolute Gasteiger partial charge is 0.242 e. The molecular weight excluding hydrogens is 122 g/mol. The number of isocyanates is 1. The molecule has 0 aliphatic heterocycles. The molecule has 4 heteroatoms. The molecule has 0 spiro atoms. The number of carbonyl (C=O) groups excluding carboxylic acids is 2. The van der Waals surface area contributed by atoms with Crippen LogP contribution in [0.4, 0.5) is 0 Å². The molecule has 0 aromatic rings. The summed E-state index contributed by atoms with van der Waals surface area (Å²) in [4.78, 5) is 21.0. The maximum absolute atomic E-state index is 9.14. The van der Waals surface area contributed by atoms with Crippen molar-refractivity contribution in [3.63, 3.8) is 0 Å². The zero-order chi connectivity index (χ0) is 7.70. The lowest BCUT2D eigenvalue weighted by molar-refractivity contribution is -0.137. The molecule has 0 saturated carbocycles. The number of nitrogens with zero attached hydrogens (tertiary/aromatic N) is 1. The van der Waals surface area contributed by atoms with Gasteiger partial charge in [-0.2, -0.15) is 0 Å². The van der Waals surface area contributed by atoms with Crippen LogP contribution in [0.2, 0.25) is 0 Å². The van der Waals surface area contributed by atoms with Crippen molar-refractivity contribution in [1.29, 1.82) is 0 Å². The van der Waals surface area contributed by atoms with Gasteiger partial charge in [-0.25, -0.2) is 19.7 Å². The Morgan fingerprint density at radius 2 is 2.00 bits per heavy atom. The fourth-order valence-corrected chi connectivity index (χ4v) is 0. The molecule has 0 aromatic heterocycles. The topological polar surface area (TPSA) is 66.4 Å². The third kappa shape index (κ3) is 54.9. The van der Waals surface area contributed by atoms with Gasteiger partial charge in [0.1, 0.15) is 0 Å². The van der Waals surface area contributed by atoms with Gasteiger partial charge in [0.05, 0.1) is 0 Å². The SMILES string of the molecule is C=CC([O])=O.CN=C=O. The maximum atomic E-state index is 9.14. The molecular formula is C5H6NO3. The van der Waals surface area contributed by atoms with Crippen LogP contribution >= 0.6 is 0 Å². The van der Waals surface area contributed by atoms with E-state index in [1.165, 1.54) is 13.1 Å². The van der Waals surface area contributed by atoms with Crippen LogP contribution in [0.25, 0.3) is 0 Å². The lowest BCUT2D eigenvalue weighted by atomic mass is 10.7. The van der Waals surface area contributed by atoms with Crippen molar-refractivity contribution in [1.82, 2.24) is 0 Å². The second-order valence-corrected chi connectivity index (χ2v) is 0.838. The highest BCUT2D eigenvalue weighted by Gasteiger charge is 1.79. The van der Waals surface area contributed by atoms with E-state index in [1.54, 1.807) is 0 Å². The molecule has 9 heavy (non-hydrogen) atoms. The van der Waals surface area contributed by atoms with E-state index in [9.17, 15) is 0 Å². The summed E-state index contributed by atoms with van der Waals surface area (Å²) in [6.45, 7) is 2.90. The Labute approximate surface area is 52.5 Å². The Morgan fingerprint density at radius 3 is 2.00 bits per heavy atom. The van der Waals surface area contributed by atoms with Gasteiger partial charge in [-0.1, -0.05) is 6.58 Å². The van der Waals surface area contributed by atoms with Gasteiger partial charge in [0.15, 0.2) is 0 Å². The average Bonchev–Trinajstić information content (AvgIpc) is 1.89. The number of aliphatic imine (C=N–C) groups is 1. The first-order valence-corrected chi connectivity index (χ1v) is 1.98. The molecule has 0 amide bonds. The lowest BCUT2D eigenvalue weighted by Gasteiger charge is -1.56. The molecule has 0 rings (SSSR count). The Balaban J connectivity index is 0. The fraction of sp³-hybridized carbons (Fsp3) is 0.200. The minimum absolute atomic E-state index is 0.722. The molecule has 0 aliphatic rings. The highest BCUT2D eigenvalue weighted by molar-refractivity contribution is 5.78. The van der Waals surface area contributed by atoms with E-state index in [2.05, 4.69) is 11.6 Å². The largest absolute Gasteiger partial charge is 0.378 e. The molecule has 0 saturated heterocycles. The van der Waals surface area contributed by atoms with E-state index in [0.717, 1.165) is 6.08 Å². The summed E-state index contributed by atoms with van der Waals surface area (Å²) in [6, 6.07) is 0. The minimum atomic E-state index is -1.23. The van der Waals surface area contributed by atoms with Crippen LogP contribution in [0.3, 0.4) is 0 Å². The monoisotopic (exact) mass is 128 g/mol. The third-order valence-electron chi connectivity index (χ3n) is 0.258. The van der Waals surface area contributed by atoms with E-state index in [4.69, 9.17) is 14.7 Å². The number of carbonyl (C=O) groups is 1. The zero-order valence-electron chi connectivity index (χ0n) is 4.96. The van der Waals surface area contributed by atoms with Crippen molar-refractivity contribution in [3.05, 3.63) is 12.7 Å². The quantitative estimate of drug-likeness (QED) is 0.285. The third-order valence-corrected chi connectivity index (χ3v) is 0.258. The Morgan fingerprint density at radius 1 is 1.78 bits per heavy atom. The van der Waals surface area contributed by atoms with Gasteiger partial charge in [0.2, 0.25) is 6.08 Å². The van der Waals surface area contributed by atoms with Crippen molar-refractivity contribution in [2.24, 2.45) is 4.99 Å². The molecule has 49 valence electrons. The summed E-state index contributed by atoms with van der Waals surface area (Å²) in [5.41, 5.74) is 0. The van der Waals surface area contributed by atoms with Crippen LogP contribution in [-0.4, -0.2) is 19.1 Å². The second kappa shape index (κ2) is 9.77. The summed E-state index contributed by atoms with van der Waals surface area (Å²) >= 11 is 0. The number of hydrogen-bond donors (Lipinski definition) is 0. The van der Waals surface area contributed by atoms with E-state index < -0.39 is 5.97 Å². The predicted octanol–water partition coefficient (Wildman–Crippen LogP) is 0.0815. The molecule has 0 heterocycles. The first kappa shape index (κ1) is 10.5. The molecule has 0 N–H and O–H groups in total. The number of hydrogen-bond acceptors (Lipinski definition) is 3. The summed E-state index contributed by atoms with van der Waals surface area (Å²) in [7, 11) is 1.38. The van der Waals surface area contributed by atoms with Crippen LogP contribution in [0.15, 0.2) is 17.6 Å². The first-order chi connectivity index (χ1) is 4.18. The molecule has 0 aromatic carbocycles. The van der Waals surface area contributed by atoms with Crippen LogP contribution in [-0.2, 0) is 14.7 Å². The molecule has 0 fully saturated rings. The van der Waals surface area contributed by atoms with Crippen molar-refractivity contribution in [3.8, 4) is 0 Å². The second-order valence-electron chi connectivity index (χ2n) is 0.838. The molecule has 0 aliphatic carbocycles. The van der Waals surface area contributed by atoms with Crippen molar-refractivity contribution in [2.45, 2.75) is 0 Å². The van der Waals surface area contributed by atoms with E-state index in [1.807, 2.05) is 0 Å². The standard InChI is InChI=1S/C3H3O2.C2H3NO/c1-2-3(4)5;1-3-2-4/h2H,1H2;1H3. The van der Waals surface area contributed by atoms with Gasteiger partial charge < -0.3 is 0 Å². The van der Waals surface area contributed by atoms with Gasteiger partial charge in [0.25, 0.3) is 0 Å². The van der Waals surface area contributed by atoms with Crippen LogP contribution in [0.1, 0.15) is 0 Å². The molecule has 0 bridgehead atoms. The lowest BCUT2D eigenvalue weighted by Crippen LogP contribution is -1.78. The first-order valence-electron chi connectivity index (χ1n) is 1.98. The maximum Gasteiger partial charge on any atom is 0.378 e. The van der Waals surface area contributed by atoms with Crippen LogP contribution < -0.4 is 0 Å². The average molecular weight is 128 g/mol. The van der Waals surface area contributed by atoms with Gasteiger partial charge in [0, 0.05) is 13.1 Å². The molecule has 1 radical (unpaired) electrons. The number of rotatable bonds is 1. The zero-order valence-corrected chi connectivity index (χ0v) is 4.96. The normalized spacial score (nSPS) is 5.44. The van der Waals surface area contributed by atoms with Crippen molar-refractivity contribution >= 4 is 12.0 Å². The molecule has 4 nitrogen and oxygen atoms in total.